The Hall–Kier alpha value is -1.97. The van der Waals surface area contributed by atoms with Crippen LogP contribution in [0.2, 0.25) is 5.02 Å². The van der Waals surface area contributed by atoms with Crippen LogP contribution in [0.15, 0.2) is 29.4 Å². The summed E-state index contributed by atoms with van der Waals surface area (Å²) in [6.45, 7) is 3.06. The number of amides is 1. The lowest BCUT2D eigenvalue weighted by Gasteiger charge is -2.49. The van der Waals surface area contributed by atoms with Gasteiger partial charge in [-0.3, -0.25) is 4.79 Å². The smallest absolute Gasteiger partial charge is 0.264 e. The van der Waals surface area contributed by atoms with Gasteiger partial charge in [-0.25, -0.2) is 8.42 Å². The molecule has 1 N–H and O–H groups in total. The fourth-order valence-electron chi connectivity index (χ4n) is 3.86. The maximum absolute atomic E-state index is 12.8. The maximum atomic E-state index is 12.8. The molecule has 1 aliphatic carbocycles. The van der Waals surface area contributed by atoms with E-state index >= 15 is 0 Å². The molecule has 1 saturated carbocycles. The van der Waals surface area contributed by atoms with Crippen LogP contribution in [0.25, 0.3) is 0 Å². The third-order valence-corrected chi connectivity index (χ3v) is 7.58. The first-order chi connectivity index (χ1) is 13.7. The Kier molecular flexibility index (Phi) is 5.16. The maximum Gasteiger partial charge on any atom is 0.264 e. The minimum absolute atomic E-state index is 0.0458. The molecule has 0 radical (unpaired) electrons. The van der Waals surface area contributed by atoms with E-state index in [0.29, 0.717) is 36.1 Å². The van der Waals surface area contributed by atoms with Gasteiger partial charge in [-0.05, 0) is 37.0 Å². The second kappa shape index (κ2) is 7.37. The Labute approximate surface area is 175 Å². The van der Waals surface area contributed by atoms with Gasteiger partial charge in [0.15, 0.2) is 0 Å². The standard InChI is InChI=1S/C19H24ClN5O3S/c1-13-3-6-15(16(20)7-13)18(26)21-10-19(8-14-4-5-14)11-25(12-19)29(27,28)17-9-22-24(2)23-17/h3,6-7,9,14H,4-5,8,10-12H2,1-2H3,(H,21,26). The zero-order chi connectivity index (χ0) is 20.8. The van der Waals surface area contributed by atoms with E-state index in [9.17, 15) is 13.2 Å². The predicted molar refractivity (Wildman–Crippen MR) is 108 cm³/mol. The van der Waals surface area contributed by atoms with E-state index in [2.05, 4.69) is 15.5 Å². The first-order valence-electron chi connectivity index (χ1n) is 9.59. The molecule has 10 heteroatoms. The Bertz CT molecular complexity index is 1040. The van der Waals surface area contributed by atoms with Crippen LogP contribution in [0.5, 0.6) is 0 Å². The van der Waals surface area contributed by atoms with Crippen LogP contribution in [0.4, 0.5) is 0 Å². The van der Waals surface area contributed by atoms with Crippen LogP contribution >= 0.6 is 11.6 Å². The number of benzene rings is 1. The lowest BCUT2D eigenvalue weighted by atomic mass is 9.76. The number of aryl methyl sites for hydroxylation is 2. The molecular formula is C19H24ClN5O3S. The summed E-state index contributed by atoms with van der Waals surface area (Å²) in [5.41, 5.74) is 1.16. The van der Waals surface area contributed by atoms with E-state index in [1.54, 1.807) is 19.2 Å². The molecule has 0 atom stereocenters. The number of rotatable bonds is 7. The van der Waals surface area contributed by atoms with Crippen molar-refractivity contribution in [3.05, 3.63) is 40.5 Å². The first-order valence-corrected chi connectivity index (χ1v) is 11.4. The molecule has 156 valence electrons. The van der Waals surface area contributed by atoms with Gasteiger partial charge in [0.1, 0.15) is 0 Å². The van der Waals surface area contributed by atoms with Crippen molar-refractivity contribution < 1.29 is 13.2 Å². The number of hydrogen-bond donors (Lipinski definition) is 1. The van der Waals surface area contributed by atoms with Gasteiger partial charge in [0.05, 0.1) is 16.8 Å². The van der Waals surface area contributed by atoms with Crippen LogP contribution in [0.3, 0.4) is 0 Å². The summed E-state index contributed by atoms with van der Waals surface area (Å²) in [5.74, 6) is 0.372. The quantitative estimate of drug-likeness (QED) is 0.714. The molecule has 1 aliphatic heterocycles. The van der Waals surface area contributed by atoms with E-state index in [-0.39, 0.29) is 16.3 Å². The molecule has 1 amide bonds. The molecule has 0 spiro atoms. The number of nitrogens with zero attached hydrogens (tertiary/aromatic N) is 4. The van der Waals surface area contributed by atoms with E-state index in [1.807, 2.05) is 13.0 Å². The summed E-state index contributed by atoms with van der Waals surface area (Å²) in [6.07, 6.45) is 4.49. The first kappa shape index (κ1) is 20.3. The third-order valence-electron chi connectivity index (χ3n) is 5.62. The lowest BCUT2D eigenvalue weighted by Crippen LogP contribution is -2.62. The molecule has 0 unspecified atom stereocenters. The number of sulfonamides is 1. The molecule has 2 aromatic rings. The van der Waals surface area contributed by atoms with Gasteiger partial charge in [0, 0.05) is 32.1 Å². The fourth-order valence-corrected chi connectivity index (χ4v) is 5.74. The van der Waals surface area contributed by atoms with E-state index in [0.717, 1.165) is 24.8 Å². The monoisotopic (exact) mass is 437 g/mol. The molecule has 2 heterocycles. The highest BCUT2D eigenvalue weighted by Crippen LogP contribution is 2.46. The highest BCUT2D eigenvalue weighted by molar-refractivity contribution is 7.89. The molecule has 8 nitrogen and oxygen atoms in total. The molecule has 1 aromatic heterocycles. The number of carbonyl (C=O) groups excluding carboxylic acids is 1. The molecule has 1 aromatic carbocycles. The number of halogens is 1. The SMILES string of the molecule is Cc1ccc(C(=O)NCC2(CC3CC3)CN(S(=O)(=O)c3cnn(C)n3)C2)c(Cl)c1. The fraction of sp³-hybridized carbons (Fsp3) is 0.526. The summed E-state index contributed by atoms with van der Waals surface area (Å²) in [6, 6.07) is 5.32. The van der Waals surface area contributed by atoms with Crippen molar-refractivity contribution in [1.82, 2.24) is 24.6 Å². The van der Waals surface area contributed by atoms with Gasteiger partial charge in [0.2, 0.25) is 5.03 Å². The second-order valence-electron chi connectivity index (χ2n) is 8.26. The van der Waals surface area contributed by atoms with Gasteiger partial charge in [-0.1, -0.05) is 30.5 Å². The van der Waals surface area contributed by atoms with Crippen molar-refractivity contribution in [2.45, 2.75) is 31.2 Å². The molecule has 2 aliphatic rings. The zero-order valence-corrected chi connectivity index (χ0v) is 18.0. The van der Waals surface area contributed by atoms with Crippen LogP contribution < -0.4 is 5.32 Å². The topological polar surface area (TPSA) is 97.2 Å². The molecule has 1 saturated heterocycles. The van der Waals surface area contributed by atoms with Gasteiger partial charge >= 0.3 is 0 Å². The molecular weight excluding hydrogens is 414 g/mol. The second-order valence-corrected chi connectivity index (χ2v) is 10.6. The van der Waals surface area contributed by atoms with Gasteiger partial charge in [0.25, 0.3) is 15.9 Å². The van der Waals surface area contributed by atoms with Crippen molar-refractivity contribution in [2.75, 3.05) is 19.6 Å². The van der Waals surface area contributed by atoms with Crippen molar-refractivity contribution in [3.63, 3.8) is 0 Å². The van der Waals surface area contributed by atoms with Gasteiger partial charge in [-0.2, -0.15) is 14.2 Å². The van der Waals surface area contributed by atoms with Gasteiger partial charge in [-0.15, -0.1) is 5.10 Å². The van der Waals surface area contributed by atoms with E-state index in [4.69, 9.17) is 11.6 Å². The summed E-state index contributed by atoms with van der Waals surface area (Å²) in [7, 11) is -2.08. The van der Waals surface area contributed by atoms with Crippen LogP contribution in [-0.4, -0.2) is 53.3 Å². The van der Waals surface area contributed by atoms with Crippen molar-refractivity contribution in [2.24, 2.45) is 18.4 Å². The largest absolute Gasteiger partial charge is 0.351 e. The van der Waals surface area contributed by atoms with Crippen molar-refractivity contribution in [1.29, 1.82) is 0 Å². The highest BCUT2D eigenvalue weighted by atomic mass is 35.5. The molecule has 0 bridgehead atoms. The van der Waals surface area contributed by atoms with Crippen molar-refractivity contribution >= 4 is 27.5 Å². The van der Waals surface area contributed by atoms with Crippen LogP contribution in [0.1, 0.15) is 35.2 Å². The minimum Gasteiger partial charge on any atom is -0.351 e. The summed E-state index contributed by atoms with van der Waals surface area (Å²) < 4.78 is 26.9. The van der Waals surface area contributed by atoms with Gasteiger partial charge < -0.3 is 5.32 Å². The Morgan fingerprint density at radius 2 is 2.07 bits per heavy atom. The number of nitrogens with one attached hydrogen (secondary N) is 1. The molecule has 4 rings (SSSR count). The molecule has 2 fully saturated rings. The summed E-state index contributed by atoms with van der Waals surface area (Å²) in [5, 5.41) is 11.1. The average Bonchev–Trinajstić information content (AvgIpc) is 3.33. The number of carbonyl (C=O) groups is 1. The van der Waals surface area contributed by atoms with Crippen LogP contribution in [-0.2, 0) is 17.1 Å². The average molecular weight is 438 g/mol. The third kappa shape index (κ3) is 4.17. The lowest BCUT2D eigenvalue weighted by molar-refractivity contribution is 0.0505. The highest BCUT2D eigenvalue weighted by Gasteiger charge is 2.51. The summed E-state index contributed by atoms with van der Waals surface area (Å²) >= 11 is 6.21. The van der Waals surface area contributed by atoms with E-state index < -0.39 is 10.0 Å². The van der Waals surface area contributed by atoms with E-state index in [1.165, 1.54) is 15.3 Å². The number of aromatic nitrogens is 3. The Balaban J connectivity index is 1.44. The van der Waals surface area contributed by atoms with Crippen molar-refractivity contribution in [3.8, 4) is 0 Å². The summed E-state index contributed by atoms with van der Waals surface area (Å²) in [4.78, 5) is 13.9. The Morgan fingerprint density at radius 3 is 2.66 bits per heavy atom. The zero-order valence-electron chi connectivity index (χ0n) is 16.4. The normalized spacial score (nSPS) is 19.0. The predicted octanol–water partition coefficient (Wildman–Crippen LogP) is 2.00. The minimum atomic E-state index is -3.66. The van der Waals surface area contributed by atoms with Crippen LogP contribution in [0, 0.1) is 18.3 Å². The number of hydrogen-bond acceptors (Lipinski definition) is 5. The molecule has 29 heavy (non-hydrogen) atoms. The Morgan fingerprint density at radius 1 is 1.34 bits per heavy atom.